The van der Waals surface area contributed by atoms with Crippen LogP contribution in [-0.4, -0.2) is 5.78 Å². The summed E-state index contributed by atoms with van der Waals surface area (Å²) in [5.74, 6) is 0.614. The summed E-state index contributed by atoms with van der Waals surface area (Å²) in [7, 11) is 0. The molecule has 1 aromatic heterocycles. The van der Waals surface area contributed by atoms with Crippen molar-refractivity contribution in [2.75, 3.05) is 0 Å². The molecule has 2 heteroatoms. The van der Waals surface area contributed by atoms with Crippen LogP contribution in [0.1, 0.15) is 31.1 Å². The van der Waals surface area contributed by atoms with Crippen molar-refractivity contribution >= 4 is 17.1 Å². The van der Waals surface area contributed by atoms with E-state index in [2.05, 4.69) is 31.4 Å². The normalized spacial score (nSPS) is 25.3. The number of hydrogen-bond acceptors (Lipinski definition) is 2. The molecule has 1 nitrogen and oxygen atoms in total. The van der Waals surface area contributed by atoms with Crippen LogP contribution in [0.3, 0.4) is 0 Å². The van der Waals surface area contributed by atoms with Gasteiger partial charge in [0.05, 0.1) is 0 Å². The zero-order chi connectivity index (χ0) is 10.2. The molecule has 74 valence electrons. The molecular weight excluding hydrogens is 192 g/mol. The van der Waals surface area contributed by atoms with Crippen LogP contribution in [0.2, 0.25) is 0 Å². The smallest absolute Gasteiger partial charge is 0.156 e. The van der Waals surface area contributed by atoms with E-state index in [-0.39, 0.29) is 11.2 Å². The van der Waals surface area contributed by atoms with Gasteiger partial charge in [-0.2, -0.15) is 0 Å². The van der Waals surface area contributed by atoms with Crippen molar-refractivity contribution in [2.24, 2.45) is 5.41 Å². The summed E-state index contributed by atoms with van der Waals surface area (Å²) in [5.41, 5.74) is 0.110. The van der Waals surface area contributed by atoms with Gasteiger partial charge in [0.2, 0.25) is 0 Å². The summed E-state index contributed by atoms with van der Waals surface area (Å²) in [6.07, 6.45) is 4.43. The van der Waals surface area contributed by atoms with Gasteiger partial charge in [-0.25, -0.2) is 0 Å². The first-order valence-corrected chi connectivity index (χ1v) is 5.73. The first-order valence-electron chi connectivity index (χ1n) is 4.85. The molecule has 0 saturated heterocycles. The third-order valence-corrected chi connectivity index (χ3v) is 3.87. The summed E-state index contributed by atoms with van der Waals surface area (Å²) >= 11 is 1.75. The molecule has 2 rings (SSSR count). The number of thiophene rings is 1. The molecule has 1 heterocycles. The second-order valence-corrected chi connectivity index (χ2v) is 5.37. The van der Waals surface area contributed by atoms with E-state index in [0.717, 1.165) is 0 Å². The van der Waals surface area contributed by atoms with E-state index in [1.54, 1.807) is 17.4 Å². The van der Waals surface area contributed by atoms with Crippen molar-refractivity contribution in [3.05, 3.63) is 34.5 Å². The molecule has 0 fully saturated rings. The van der Waals surface area contributed by atoms with Crippen LogP contribution in [0, 0.1) is 5.41 Å². The van der Waals surface area contributed by atoms with Crippen molar-refractivity contribution in [1.29, 1.82) is 0 Å². The van der Waals surface area contributed by atoms with E-state index < -0.39 is 0 Å². The van der Waals surface area contributed by atoms with Gasteiger partial charge in [0.15, 0.2) is 5.78 Å². The van der Waals surface area contributed by atoms with Crippen molar-refractivity contribution in [3.8, 4) is 0 Å². The lowest BCUT2D eigenvalue weighted by Gasteiger charge is -2.33. The molecule has 0 spiro atoms. The number of rotatable bonds is 1. The van der Waals surface area contributed by atoms with Gasteiger partial charge in [-0.1, -0.05) is 26.0 Å². The molecule has 1 atom stereocenters. The maximum Gasteiger partial charge on any atom is 0.156 e. The Morgan fingerprint density at radius 3 is 2.93 bits per heavy atom. The third-order valence-electron chi connectivity index (χ3n) is 2.89. The molecular formula is C12H14OS. The van der Waals surface area contributed by atoms with Crippen LogP contribution in [0.25, 0.3) is 0 Å². The fraction of sp³-hybridized carbons (Fsp3) is 0.417. The highest BCUT2D eigenvalue weighted by Crippen LogP contribution is 2.43. The molecule has 0 N–H and O–H groups in total. The molecule has 0 aliphatic heterocycles. The standard InChI is InChI=1S/C12H14OS/c1-12(2)6-5-9(13)8-10(12)11-4-3-7-14-11/h3-7,10H,8H2,1-2H3. The average Bonchev–Trinajstić information content (AvgIpc) is 2.62. The van der Waals surface area contributed by atoms with Crippen LogP contribution >= 0.6 is 11.3 Å². The lowest BCUT2D eigenvalue weighted by molar-refractivity contribution is -0.116. The van der Waals surface area contributed by atoms with Crippen LogP contribution in [0.15, 0.2) is 29.7 Å². The molecule has 1 aromatic rings. The molecule has 0 bridgehead atoms. The lowest BCUT2D eigenvalue weighted by Crippen LogP contribution is -2.25. The van der Waals surface area contributed by atoms with E-state index in [0.29, 0.717) is 12.3 Å². The average molecular weight is 206 g/mol. The first-order chi connectivity index (χ1) is 6.59. The number of carbonyl (C=O) groups excluding carboxylic acids is 1. The Balaban J connectivity index is 2.35. The van der Waals surface area contributed by atoms with Crippen LogP contribution in [-0.2, 0) is 4.79 Å². The SMILES string of the molecule is CC1(C)C=CC(=O)CC1c1cccs1. The highest BCUT2D eigenvalue weighted by molar-refractivity contribution is 7.10. The van der Waals surface area contributed by atoms with Gasteiger partial charge in [0.1, 0.15) is 0 Å². The third kappa shape index (κ3) is 1.67. The molecule has 0 amide bonds. The van der Waals surface area contributed by atoms with E-state index in [9.17, 15) is 4.79 Å². The second-order valence-electron chi connectivity index (χ2n) is 4.39. The largest absolute Gasteiger partial charge is 0.295 e. The van der Waals surface area contributed by atoms with Gasteiger partial charge in [-0.15, -0.1) is 11.3 Å². The molecule has 0 aromatic carbocycles. The Bertz CT molecular complexity index is 360. The van der Waals surface area contributed by atoms with E-state index in [1.165, 1.54) is 4.88 Å². The number of carbonyl (C=O) groups is 1. The van der Waals surface area contributed by atoms with Crippen molar-refractivity contribution in [1.82, 2.24) is 0 Å². The molecule has 1 aliphatic rings. The fourth-order valence-electron chi connectivity index (χ4n) is 1.91. The molecule has 0 radical (unpaired) electrons. The predicted octanol–water partition coefficient (Wildman–Crippen LogP) is 3.39. The summed E-state index contributed by atoms with van der Waals surface area (Å²) < 4.78 is 0. The topological polar surface area (TPSA) is 17.1 Å². The van der Waals surface area contributed by atoms with E-state index in [4.69, 9.17) is 0 Å². The minimum atomic E-state index is 0.110. The van der Waals surface area contributed by atoms with E-state index >= 15 is 0 Å². The van der Waals surface area contributed by atoms with Gasteiger partial charge in [0, 0.05) is 17.2 Å². The van der Waals surface area contributed by atoms with Crippen LogP contribution in [0.4, 0.5) is 0 Å². The number of hydrogen-bond donors (Lipinski definition) is 0. The molecule has 0 saturated carbocycles. The van der Waals surface area contributed by atoms with Crippen molar-refractivity contribution in [3.63, 3.8) is 0 Å². The summed E-state index contributed by atoms with van der Waals surface area (Å²) in [5, 5.41) is 2.08. The predicted molar refractivity (Wildman–Crippen MR) is 59.6 cm³/mol. The van der Waals surface area contributed by atoms with Crippen molar-refractivity contribution in [2.45, 2.75) is 26.2 Å². The lowest BCUT2D eigenvalue weighted by atomic mass is 9.72. The van der Waals surface area contributed by atoms with Gasteiger partial charge >= 0.3 is 0 Å². The van der Waals surface area contributed by atoms with Gasteiger partial charge in [-0.3, -0.25) is 4.79 Å². The monoisotopic (exact) mass is 206 g/mol. The zero-order valence-corrected chi connectivity index (χ0v) is 9.30. The quantitative estimate of drug-likeness (QED) is 0.688. The Kier molecular flexibility index (Phi) is 2.31. The fourth-order valence-corrected chi connectivity index (χ4v) is 2.94. The highest BCUT2D eigenvalue weighted by Gasteiger charge is 2.33. The second kappa shape index (κ2) is 3.35. The Labute approximate surface area is 88.5 Å². The Hall–Kier alpha value is -0.890. The maximum absolute atomic E-state index is 11.4. The van der Waals surface area contributed by atoms with Gasteiger partial charge in [0.25, 0.3) is 0 Å². The Morgan fingerprint density at radius 2 is 2.29 bits per heavy atom. The number of ketones is 1. The van der Waals surface area contributed by atoms with Crippen molar-refractivity contribution < 1.29 is 4.79 Å². The highest BCUT2D eigenvalue weighted by atomic mass is 32.1. The van der Waals surface area contributed by atoms with Crippen LogP contribution < -0.4 is 0 Å². The molecule has 1 unspecified atom stereocenters. The molecule has 14 heavy (non-hydrogen) atoms. The van der Waals surface area contributed by atoms with Gasteiger partial charge in [-0.05, 0) is 22.9 Å². The van der Waals surface area contributed by atoms with Gasteiger partial charge < -0.3 is 0 Å². The minimum absolute atomic E-state index is 0.110. The van der Waals surface area contributed by atoms with Crippen LogP contribution in [0.5, 0.6) is 0 Å². The van der Waals surface area contributed by atoms with E-state index in [1.807, 2.05) is 6.08 Å². The first kappa shape index (κ1) is 9.66. The zero-order valence-electron chi connectivity index (χ0n) is 8.49. The maximum atomic E-state index is 11.4. The minimum Gasteiger partial charge on any atom is -0.295 e. The number of allylic oxidation sites excluding steroid dienone is 2. The molecule has 1 aliphatic carbocycles. The summed E-state index contributed by atoms with van der Waals surface area (Å²) in [4.78, 5) is 12.7. The summed E-state index contributed by atoms with van der Waals surface area (Å²) in [6.45, 7) is 4.39. The summed E-state index contributed by atoms with van der Waals surface area (Å²) in [6, 6.07) is 4.18. The Morgan fingerprint density at radius 1 is 1.50 bits per heavy atom.